The third kappa shape index (κ3) is 2.31. The number of hydrogen-bond acceptors (Lipinski definition) is 3. The van der Waals surface area contributed by atoms with Gasteiger partial charge in [-0.1, -0.05) is 6.42 Å². The molecule has 0 radical (unpaired) electrons. The molecule has 0 N–H and O–H groups in total. The quantitative estimate of drug-likeness (QED) is 0.462. The minimum Gasteiger partial charge on any atom is -0.182 e. The van der Waals surface area contributed by atoms with Gasteiger partial charge in [-0.05, 0) is 24.8 Å². The second-order valence-corrected chi connectivity index (χ2v) is 2.67. The average molecular weight is 130 g/mol. The van der Waals surface area contributed by atoms with Crippen LogP contribution in [0.3, 0.4) is 0 Å². The molecule has 2 nitrogen and oxygen atoms in total. The number of hydrogen-bond donors (Lipinski definition) is 0. The van der Waals surface area contributed by atoms with E-state index in [4.69, 9.17) is 0 Å². The van der Waals surface area contributed by atoms with Gasteiger partial charge in [0.25, 0.3) is 0 Å². The monoisotopic (exact) mass is 130 g/mol. The number of rotatable bonds is 0. The Morgan fingerprint density at radius 3 is 3.12 bits per heavy atom. The predicted molar refractivity (Wildman–Crippen MR) is 36.0 cm³/mol. The molecular formula is C5H10N2S. The molecule has 1 rings (SSSR count). The van der Waals surface area contributed by atoms with Gasteiger partial charge in [-0.15, -0.1) is 4.52 Å². The molecule has 0 amide bonds. The molecule has 0 unspecified atom stereocenters. The fraction of sp³-hybridized carbons (Fsp3) is 1.00. The Balaban J connectivity index is 2.17. The third-order valence-electron chi connectivity index (χ3n) is 1.11. The van der Waals surface area contributed by atoms with Crippen LogP contribution in [-0.4, -0.2) is 12.3 Å². The van der Waals surface area contributed by atoms with Crippen LogP contribution in [0.15, 0.2) is 9.63 Å². The second kappa shape index (κ2) is 3.89. The topological polar surface area (TPSA) is 24.7 Å². The summed E-state index contributed by atoms with van der Waals surface area (Å²) >= 11 is 1.59. The Labute approximate surface area is 53.9 Å². The zero-order valence-corrected chi connectivity index (χ0v) is 5.65. The average Bonchev–Trinajstić information content (AvgIpc) is 1.62. The summed E-state index contributed by atoms with van der Waals surface area (Å²) in [7, 11) is 0. The zero-order chi connectivity index (χ0) is 5.66. The maximum atomic E-state index is 3.92. The van der Waals surface area contributed by atoms with Crippen LogP contribution in [0, 0.1) is 0 Å². The highest BCUT2D eigenvalue weighted by atomic mass is 32.2. The lowest BCUT2D eigenvalue weighted by molar-refractivity contribution is 0.713. The van der Waals surface area contributed by atoms with Gasteiger partial charge in [0, 0.05) is 5.75 Å². The van der Waals surface area contributed by atoms with Crippen LogP contribution in [-0.2, 0) is 0 Å². The van der Waals surface area contributed by atoms with Gasteiger partial charge in [-0.2, -0.15) is 5.11 Å². The summed E-state index contributed by atoms with van der Waals surface area (Å²) in [5.41, 5.74) is 0. The molecule has 1 aliphatic rings. The van der Waals surface area contributed by atoms with E-state index < -0.39 is 0 Å². The molecule has 0 spiro atoms. The Kier molecular flexibility index (Phi) is 2.96. The van der Waals surface area contributed by atoms with Crippen LogP contribution in [0.25, 0.3) is 0 Å². The smallest absolute Gasteiger partial charge is 0.0609 e. The first-order chi connectivity index (χ1) is 4.00. The first-order valence-corrected chi connectivity index (χ1v) is 3.93. The maximum absolute atomic E-state index is 3.92. The van der Waals surface area contributed by atoms with E-state index in [1.165, 1.54) is 19.3 Å². The molecule has 1 aliphatic heterocycles. The molecule has 0 aliphatic carbocycles. The van der Waals surface area contributed by atoms with E-state index in [0.717, 1.165) is 12.3 Å². The minimum absolute atomic E-state index is 0.938. The molecule has 0 saturated carbocycles. The van der Waals surface area contributed by atoms with E-state index in [2.05, 4.69) is 9.63 Å². The predicted octanol–water partition coefficient (Wildman–Crippen LogP) is 2.27. The summed E-state index contributed by atoms with van der Waals surface area (Å²) in [5, 5.41) is 3.92. The van der Waals surface area contributed by atoms with Crippen molar-refractivity contribution in [3.05, 3.63) is 0 Å². The van der Waals surface area contributed by atoms with E-state index in [1.54, 1.807) is 11.9 Å². The van der Waals surface area contributed by atoms with E-state index in [1.807, 2.05) is 0 Å². The molecule has 0 saturated heterocycles. The first kappa shape index (κ1) is 6.08. The summed E-state index contributed by atoms with van der Waals surface area (Å²) < 4.78 is 3.87. The van der Waals surface area contributed by atoms with Crippen LogP contribution < -0.4 is 0 Å². The molecule has 0 aromatic carbocycles. The third-order valence-corrected chi connectivity index (χ3v) is 1.81. The zero-order valence-electron chi connectivity index (χ0n) is 4.84. The molecule has 0 aromatic rings. The van der Waals surface area contributed by atoms with E-state index in [9.17, 15) is 0 Å². The lowest BCUT2D eigenvalue weighted by atomic mass is 10.2. The summed E-state index contributed by atoms with van der Waals surface area (Å²) in [6.45, 7) is 0.938. The van der Waals surface area contributed by atoms with Crippen molar-refractivity contribution in [3.63, 3.8) is 0 Å². The maximum Gasteiger partial charge on any atom is 0.0609 e. The van der Waals surface area contributed by atoms with Gasteiger partial charge in [-0.3, -0.25) is 0 Å². The van der Waals surface area contributed by atoms with Gasteiger partial charge in [0.1, 0.15) is 0 Å². The molecule has 0 fully saturated rings. The number of nitrogens with zero attached hydrogens (tertiary/aromatic N) is 2. The van der Waals surface area contributed by atoms with Crippen molar-refractivity contribution in [1.82, 2.24) is 0 Å². The standard InChI is InChI=1S/C5H10N2S/c1-2-4-6-7-8-5-3-1/h1-5H2/b7-6-. The molecule has 0 atom stereocenters. The van der Waals surface area contributed by atoms with Crippen molar-refractivity contribution in [3.8, 4) is 0 Å². The van der Waals surface area contributed by atoms with Crippen LogP contribution in [0.5, 0.6) is 0 Å². The summed E-state index contributed by atoms with van der Waals surface area (Å²) in [4.78, 5) is 0. The fourth-order valence-electron chi connectivity index (χ4n) is 0.648. The summed E-state index contributed by atoms with van der Waals surface area (Å²) in [5.74, 6) is 1.16. The van der Waals surface area contributed by atoms with E-state index in [-0.39, 0.29) is 0 Å². The van der Waals surface area contributed by atoms with Gasteiger partial charge in [0.15, 0.2) is 0 Å². The Morgan fingerprint density at radius 2 is 2.12 bits per heavy atom. The summed E-state index contributed by atoms with van der Waals surface area (Å²) in [6.07, 6.45) is 3.86. The van der Waals surface area contributed by atoms with Crippen molar-refractivity contribution in [2.24, 2.45) is 9.63 Å². The van der Waals surface area contributed by atoms with Crippen molar-refractivity contribution in [2.75, 3.05) is 12.3 Å². The Bertz CT molecular complexity index is 72.5. The van der Waals surface area contributed by atoms with Crippen molar-refractivity contribution in [1.29, 1.82) is 0 Å². The Hall–Kier alpha value is -0.0500. The lowest BCUT2D eigenvalue weighted by Gasteiger charge is -1.98. The first-order valence-electron chi connectivity index (χ1n) is 2.99. The highest BCUT2D eigenvalue weighted by molar-refractivity contribution is 7.97. The van der Waals surface area contributed by atoms with Gasteiger partial charge in [0.05, 0.1) is 6.54 Å². The fourth-order valence-corrected chi connectivity index (χ4v) is 1.23. The molecule has 8 heavy (non-hydrogen) atoms. The lowest BCUT2D eigenvalue weighted by Crippen LogP contribution is -1.85. The molecule has 1 heterocycles. The van der Waals surface area contributed by atoms with Gasteiger partial charge < -0.3 is 0 Å². The van der Waals surface area contributed by atoms with Crippen molar-refractivity contribution >= 4 is 11.9 Å². The van der Waals surface area contributed by atoms with Crippen LogP contribution in [0.1, 0.15) is 19.3 Å². The molecule has 46 valence electrons. The second-order valence-electron chi connectivity index (χ2n) is 1.84. The highest BCUT2D eigenvalue weighted by Crippen LogP contribution is 2.11. The van der Waals surface area contributed by atoms with Crippen molar-refractivity contribution in [2.45, 2.75) is 19.3 Å². The molecule has 0 aromatic heterocycles. The normalized spacial score (nSPS) is 26.0. The highest BCUT2D eigenvalue weighted by Gasteiger charge is 1.92. The van der Waals surface area contributed by atoms with Crippen molar-refractivity contribution < 1.29 is 0 Å². The largest absolute Gasteiger partial charge is 0.182 e. The van der Waals surface area contributed by atoms with Crippen LogP contribution >= 0.6 is 11.9 Å². The molecular weight excluding hydrogens is 120 g/mol. The van der Waals surface area contributed by atoms with Gasteiger partial charge in [0.2, 0.25) is 0 Å². The summed E-state index contributed by atoms with van der Waals surface area (Å²) in [6, 6.07) is 0. The minimum atomic E-state index is 0.938. The van der Waals surface area contributed by atoms with Crippen LogP contribution in [0.2, 0.25) is 0 Å². The molecule has 3 heteroatoms. The molecule has 0 bridgehead atoms. The van der Waals surface area contributed by atoms with E-state index in [0.29, 0.717) is 0 Å². The van der Waals surface area contributed by atoms with Crippen LogP contribution in [0.4, 0.5) is 0 Å². The van der Waals surface area contributed by atoms with Gasteiger partial charge in [-0.25, -0.2) is 0 Å². The Morgan fingerprint density at radius 1 is 1.12 bits per heavy atom. The SMILES string of the molecule is C1CC/N=N\SCC1. The van der Waals surface area contributed by atoms with E-state index >= 15 is 0 Å². The van der Waals surface area contributed by atoms with Gasteiger partial charge >= 0.3 is 0 Å².